The Morgan fingerprint density at radius 3 is 2.57 bits per heavy atom. The Morgan fingerprint density at radius 1 is 1.17 bits per heavy atom. The summed E-state index contributed by atoms with van der Waals surface area (Å²) in [5.74, 6) is -0.627. The normalized spacial score (nSPS) is 14.8. The van der Waals surface area contributed by atoms with Crippen LogP contribution in [0.4, 0.5) is 0 Å². The minimum atomic E-state index is -0.609. The van der Waals surface area contributed by atoms with Gasteiger partial charge in [-0.3, -0.25) is 9.59 Å². The maximum Gasteiger partial charge on any atom is 0.306 e. The van der Waals surface area contributed by atoms with Gasteiger partial charge in [0, 0.05) is 26.1 Å². The van der Waals surface area contributed by atoms with E-state index in [0.29, 0.717) is 5.52 Å². The van der Waals surface area contributed by atoms with Gasteiger partial charge in [0.15, 0.2) is 0 Å². The van der Waals surface area contributed by atoms with E-state index in [0.717, 1.165) is 45.5 Å². The highest BCUT2D eigenvalue weighted by Crippen LogP contribution is 2.24. The van der Waals surface area contributed by atoms with Gasteiger partial charge in [0.1, 0.15) is 5.52 Å². The van der Waals surface area contributed by atoms with Gasteiger partial charge in [-0.25, -0.2) is 0 Å². The van der Waals surface area contributed by atoms with E-state index in [4.69, 9.17) is 5.11 Å². The SMILES string of the molecule is O=C(O)C1CCCC1.O=c1[nH]c2ccc(I)cc2c2cc[nH]c12. The fraction of sp³-hybridized carbons (Fsp3) is 0.294. The molecule has 0 aliphatic heterocycles. The van der Waals surface area contributed by atoms with Crippen LogP contribution in [0.5, 0.6) is 0 Å². The maximum absolute atomic E-state index is 11.7. The molecule has 2 heterocycles. The lowest BCUT2D eigenvalue weighted by atomic mass is 10.1. The van der Waals surface area contributed by atoms with Crippen LogP contribution in [0.1, 0.15) is 25.7 Å². The second-order valence-electron chi connectivity index (χ2n) is 5.73. The fourth-order valence-electron chi connectivity index (χ4n) is 2.99. The zero-order valence-electron chi connectivity index (χ0n) is 12.4. The van der Waals surface area contributed by atoms with Crippen LogP contribution in [0.15, 0.2) is 35.3 Å². The summed E-state index contributed by atoms with van der Waals surface area (Å²) in [6, 6.07) is 7.92. The third-order valence-electron chi connectivity index (χ3n) is 4.20. The maximum atomic E-state index is 11.7. The number of aromatic amines is 2. The van der Waals surface area contributed by atoms with Crippen molar-refractivity contribution in [2.75, 3.05) is 0 Å². The zero-order valence-corrected chi connectivity index (χ0v) is 14.6. The van der Waals surface area contributed by atoms with E-state index in [-0.39, 0.29) is 11.5 Å². The molecule has 0 spiro atoms. The number of carboxylic acids is 1. The van der Waals surface area contributed by atoms with E-state index >= 15 is 0 Å². The van der Waals surface area contributed by atoms with Crippen LogP contribution in [0.3, 0.4) is 0 Å². The number of pyridine rings is 1. The number of benzene rings is 1. The monoisotopic (exact) mass is 424 g/mol. The predicted molar refractivity (Wildman–Crippen MR) is 98.7 cm³/mol. The summed E-state index contributed by atoms with van der Waals surface area (Å²) >= 11 is 2.27. The fourth-order valence-corrected chi connectivity index (χ4v) is 3.48. The van der Waals surface area contributed by atoms with Gasteiger partial charge in [0.2, 0.25) is 0 Å². The van der Waals surface area contributed by atoms with Crippen molar-refractivity contribution in [1.29, 1.82) is 0 Å². The minimum Gasteiger partial charge on any atom is -0.481 e. The number of H-pyrrole nitrogens is 2. The molecule has 1 aromatic carbocycles. The Bertz CT molecular complexity index is 907. The lowest BCUT2D eigenvalue weighted by Crippen LogP contribution is -2.07. The molecule has 3 aromatic rings. The van der Waals surface area contributed by atoms with Crippen LogP contribution in [0, 0.1) is 9.49 Å². The molecule has 23 heavy (non-hydrogen) atoms. The summed E-state index contributed by atoms with van der Waals surface area (Å²) in [7, 11) is 0. The van der Waals surface area contributed by atoms with Gasteiger partial charge in [-0.2, -0.15) is 0 Å². The number of rotatable bonds is 1. The van der Waals surface area contributed by atoms with Crippen molar-refractivity contribution in [3.8, 4) is 0 Å². The summed E-state index contributed by atoms with van der Waals surface area (Å²) < 4.78 is 1.16. The van der Waals surface area contributed by atoms with Crippen molar-refractivity contribution in [2.24, 2.45) is 5.92 Å². The van der Waals surface area contributed by atoms with E-state index in [1.807, 2.05) is 18.2 Å². The molecule has 0 bridgehead atoms. The number of hydrogen-bond acceptors (Lipinski definition) is 2. The molecule has 120 valence electrons. The molecular weight excluding hydrogens is 407 g/mol. The summed E-state index contributed by atoms with van der Waals surface area (Å²) in [6.07, 6.45) is 5.80. The Kier molecular flexibility index (Phi) is 4.70. The molecule has 1 aliphatic rings. The molecule has 5 nitrogen and oxygen atoms in total. The van der Waals surface area contributed by atoms with Gasteiger partial charge >= 0.3 is 5.97 Å². The Balaban J connectivity index is 0.000000166. The number of aliphatic carboxylic acids is 1. The van der Waals surface area contributed by atoms with Gasteiger partial charge in [-0.15, -0.1) is 0 Å². The van der Waals surface area contributed by atoms with Crippen molar-refractivity contribution in [2.45, 2.75) is 25.7 Å². The quantitative estimate of drug-likeness (QED) is 0.519. The van der Waals surface area contributed by atoms with E-state index in [1.54, 1.807) is 6.20 Å². The second-order valence-corrected chi connectivity index (χ2v) is 6.98. The number of halogens is 1. The summed E-state index contributed by atoms with van der Waals surface area (Å²) in [5, 5.41) is 10.5. The molecule has 0 radical (unpaired) electrons. The first-order valence-electron chi connectivity index (χ1n) is 7.57. The first-order valence-corrected chi connectivity index (χ1v) is 8.65. The van der Waals surface area contributed by atoms with Crippen molar-refractivity contribution >= 4 is 50.4 Å². The highest BCUT2D eigenvalue weighted by atomic mass is 127. The molecule has 0 atom stereocenters. The number of carboxylic acid groups (broad SMARTS) is 1. The Hall–Kier alpha value is -1.83. The van der Waals surface area contributed by atoms with Crippen LogP contribution in [0.2, 0.25) is 0 Å². The molecule has 3 N–H and O–H groups in total. The lowest BCUT2D eigenvalue weighted by Gasteiger charge is -2.00. The number of fused-ring (bicyclic) bond motifs is 3. The number of carbonyl (C=O) groups is 1. The van der Waals surface area contributed by atoms with Gasteiger partial charge < -0.3 is 15.1 Å². The number of aromatic nitrogens is 2. The van der Waals surface area contributed by atoms with E-state index in [1.165, 1.54) is 0 Å². The van der Waals surface area contributed by atoms with Gasteiger partial charge in [-0.1, -0.05) is 12.8 Å². The molecule has 4 rings (SSSR count). The third kappa shape index (κ3) is 3.41. The second kappa shape index (κ2) is 6.74. The van der Waals surface area contributed by atoms with Crippen molar-refractivity contribution < 1.29 is 9.90 Å². The molecule has 1 fully saturated rings. The molecule has 0 unspecified atom stereocenters. The Morgan fingerprint density at radius 2 is 1.91 bits per heavy atom. The minimum absolute atomic E-state index is 0.0185. The standard InChI is InChI=1S/C11H7IN2O.C6H10O2/c12-6-1-2-9-8(5-6)7-3-4-13-10(7)11(15)14-9;7-6(8)5-3-1-2-4-5/h1-5,13H,(H,14,15);5H,1-4H2,(H,7,8). The lowest BCUT2D eigenvalue weighted by molar-refractivity contribution is -0.141. The summed E-state index contributed by atoms with van der Waals surface area (Å²) in [4.78, 5) is 27.7. The average Bonchev–Trinajstić information content (AvgIpc) is 3.21. The van der Waals surface area contributed by atoms with Gasteiger partial charge in [0.25, 0.3) is 5.56 Å². The molecule has 0 amide bonds. The van der Waals surface area contributed by atoms with E-state index < -0.39 is 5.97 Å². The van der Waals surface area contributed by atoms with Crippen molar-refractivity contribution in [3.63, 3.8) is 0 Å². The predicted octanol–water partition coefficient (Wildman–Crippen LogP) is 3.88. The van der Waals surface area contributed by atoms with Crippen LogP contribution in [0.25, 0.3) is 21.8 Å². The molecule has 2 aromatic heterocycles. The summed E-state index contributed by atoms with van der Waals surface area (Å²) in [5.41, 5.74) is 1.46. The van der Waals surface area contributed by atoms with Crippen molar-refractivity contribution in [1.82, 2.24) is 9.97 Å². The zero-order chi connectivity index (χ0) is 16.4. The smallest absolute Gasteiger partial charge is 0.306 e. The molecule has 6 heteroatoms. The highest BCUT2D eigenvalue weighted by Gasteiger charge is 2.21. The number of nitrogens with one attached hydrogen (secondary N) is 2. The van der Waals surface area contributed by atoms with E-state index in [9.17, 15) is 9.59 Å². The molecule has 1 aliphatic carbocycles. The first kappa shape index (κ1) is 16.0. The number of hydrogen-bond donors (Lipinski definition) is 3. The van der Waals surface area contributed by atoms with Gasteiger partial charge in [-0.05, 0) is 59.7 Å². The van der Waals surface area contributed by atoms with Crippen LogP contribution in [-0.2, 0) is 4.79 Å². The highest BCUT2D eigenvalue weighted by molar-refractivity contribution is 14.1. The largest absolute Gasteiger partial charge is 0.481 e. The van der Waals surface area contributed by atoms with Gasteiger partial charge in [0.05, 0.1) is 5.92 Å². The molecule has 0 saturated heterocycles. The first-order chi connectivity index (χ1) is 11.1. The van der Waals surface area contributed by atoms with E-state index in [2.05, 4.69) is 38.6 Å². The van der Waals surface area contributed by atoms with Crippen LogP contribution >= 0.6 is 22.6 Å². The topological polar surface area (TPSA) is 85.9 Å². The molecule has 1 saturated carbocycles. The van der Waals surface area contributed by atoms with Crippen molar-refractivity contribution in [3.05, 3.63) is 44.4 Å². The molecular formula is C17H17IN2O3. The van der Waals surface area contributed by atoms with Crippen LogP contribution in [-0.4, -0.2) is 21.0 Å². The summed E-state index contributed by atoms with van der Waals surface area (Å²) in [6.45, 7) is 0. The average molecular weight is 424 g/mol. The Labute approximate surface area is 146 Å². The third-order valence-corrected chi connectivity index (χ3v) is 4.87. The van der Waals surface area contributed by atoms with Crippen LogP contribution < -0.4 is 5.56 Å².